The van der Waals surface area contributed by atoms with Gasteiger partial charge >= 0.3 is 0 Å². The van der Waals surface area contributed by atoms with Gasteiger partial charge in [-0.05, 0) is 86.6 Å². The molecular formula is C46H80N4O3. The topological polar surface area (TPSA) is 71.3 Å². The van der Waals surface area contributed by atoms with Crippen LogP contribution in [0.4, 0.5) is 0 Å². The van der Waals surface area contributed by atoms with Gasteiger partial charge in [0.2, 0.25) is 5.91 Å². The molecule has 53 heavy (non-hydrogen) atoms. The molecule has 1 aliphatic rings. The molecule has 2 rings (SSSR count). The number of ether oxygens (including phenoxy) is 1. The van der Waals surface area contributed by atoms with Gasteiger partial charge in [-0.3, -0.25) is 9.69 Å². The monoisotopic (exact) mass is 737 g/mol. The molecule has 0 radical (unpaired) electrons. The molecule has 0 aliphatic carbocycles. The van der Waals surface area contributed by atoms with Crippen molar-refractivity contribution in [3.63, 3.8) is 0 Å². The maximum Gasteiger partial charge on any atom is 0.225 e. The predicted octanol–water partition coefficient (Wildman–Crippen LogP) is 9.41. The van der Waals surface area contributed by atoms with Gasteiger partial charge in [-0.1, -0.05) is 130 Å². The normalized spacial score (nSPS) is 19.4. The highest BCUT2D eigenvalue weighted by molar-refractivity contribution is 5.79. The van der Waals surface area contributed by atoms with Crippen molar-refractivity contribution in [3.8, 4) is 0 Å². The van der Waals surface area contributed by atoms with Crippen molar-refractivity contribution in [2.24, 2.45) is 47.3 Å². The minimum Gasteiger partial charge on any atom is -0.378 e. The van der Waals surface area contributed by atoms with Crippen molar-refractivity contribution in [2.75, 3.05) is 47.0 Å². The van der Waals surface area contributed by atoms with E-state index in [2.05, 4.69) is 132 Å². The number of amides is 1. The van der Waals surface area contributed by atoms with E-state index in [1.54, 1.807) is 0 Å². The lowest BCUT2D eigenvalue weighted by atomic mass is 9.79. The van der Waals surface area contributed by atoms with Crippen LogP contribution in [0.1, 0.15) is 106 Å². The fourth-order valence-corrected chi connectivity index (χ4v) is 9.28. The zero-order chi connectivity index (χ0) is 39.8. The summed E-state index contributed by atoms with van der Waals surface area (Å²) in [5, 5.41) is 0. The second-order valence-electron chi connectivity index (χ2n) is 17.2. The fourth-order valence-electron chi connectivity index (χ4n) is 9.28. The Bertz CT molecular complexity index is 1250. The number of carbonyl (C=O) groups is 1. The highest BCUT2D eigenvalue weighted by Crippen LogP contribution is 2.38. The number of allylic oxidation sites excluding steroid dienone is 2. The van der Waals surface area contributed by atoms with Crippen molar-refractivity contribution in [3.05, 3.63) is 72.5 Å². The summed E-state index contributed by atoms with van der Waals surface area (Å²) in [5.74, 6) is 7.68. The van der Waals surface area contributed by atoms with E-state index in [0.717, 1.165) is 44.3 Å². The molecule has 0 bridgehead atoms. The van der Waals surface area contributed by atoms with Gasteiger partial charge in [0, 0.05) is 49.9 Å². The van der Waals surface area contributed by atoms with E-state index in [1.807, 2.05) is 7.05 Å². The molecule has 9 atom stereocenters. The lowest BCUT2D eigenvalue weighted by molar-refractivity contribution is -0.138. The number of nitrogens with zero attached hydrogens (tertiary/aromatic N) is 3. The number of hydrogen-bond donors (Lipinski definition) is 1. The average molecular weight is 737 g/mol. The number of rotatable bonds is 26. The first-order valence-electron chi connectivity index (χ1n) is 20.7. The Balaban J connectivity index is 2.05. The number of benzene rings is 1. The molecule has 1 heterocycles. The van der Waals surface area contributed by atoms with Crippen molar-refractivity contribution in [2.45, 2.75) is 125 Å². The summed E-state index contributed by atoms with van der Waals surface area (Å²) in [6.07, 6.45) is 7.11. The smallest absolute Gasteiger partial charge is 0.225 e. The van der Waals surface area contributed by atoms with Crippen LogP contribution in [0.15, 0.2) is 66.9 Å². The SMILES string of the molecule is C=C(C[C@@H](C)C(=O)N(C)[C@H]([C@H](C)CC(=C)N1CCC[C@H]1[C@H](C)[C@@H](C)C(=C)C[C@H](C)Cc1ccccc1)[C@@H](C)CC)[C@H](C(C)C)N(C)CCOCCON. The van der Waals surface area contributed by atoms with Crippen LogP contribution in [0.3, 0.4) is 0 Å². The Morgan fingerprint density at radius 3 is 2.17 bits per heavy atom. The lowest BCUT2D eigenvalue weighted by Gasteiger charge is -2.41. The standard InChI is InChI=1S/C46H80N4O3/c1-15-34(5)45(49(14)46(51)38(9)30-36(7)44(32(2)3)48(13)24-25-52-26-27-53-47)37(8)31-39(10)50-23-19-22-43(50)41(12)40(11)35(6)28-33(4)29-42-20-17-16-18-21-42/h16-18,20-21,32-34,37-38,40-41,43-45H,6-7,10,15,19,22-31,47H2,1-5,8-9,11-14H3/t33-,34-,37+,38+,40-,41+,43-,44-,45-/m0/s1. The van der Waals surface area contributed by atoms with Gasteiger partial charge in [0.25, 0.3) is 0 Å². The zero-order valence-corrected chi connectivity index (χ0v) is 35.9. The van der Waals surface area contributed by atoms with Gasteiger partial charge in [0.05, 0.1) is 19.8 Å². The lowest BCUT2D eigenvalue weighted by Crippen LogP contribution is -2.48. The van der Waals surface area contributed by atoms with Crippen molar-refractivity contribution in [1.82, 2.24) is 14.7 Å². The van der Waals surface area contributed by atoms with Gasteiger partial charge in [-0.25, -0.2) is 5.90 Å². The minimum atomic E-state index is -0.157. The Hall–Kier alpha value is -2.45. The number of likely N-dealkylation sites (N-methyl/N-ethyl adjacent to an activating group) is 1. The third kappa shape index (κ3) is 14.3. The highest BCUT2D eigenvalue weighted by Gasteiger charge is 2.37. The Morgan fingerprint density at radius 1 is 0.906 bits per heavy atom. The Morgan fingerprint density at radius 2 is 1.57 bits per heavy atom. The van der Waals surface area contributed by atoms with Crippen LogP contribution in [0.25, 0.3) is 0 Å². The van der Waals surface area contributed by atoms with Crippen LogP contribution in [0.5, 0.6) is 0 Å². The molecular weight excluding hydrogens is 657 g/mol. The third-order valence-electron chi connectivity index (χ3n) is 12.4. The van der Waals surface area contributed by atoms with Gasteiger partial charge < -0.3 is 19.4 Å². The summed E-state index contributed by atoms with van der Waals surface area (Å²) in [7, 11) is 4.14. The van der Waals surface area contributed by atoms with E-state index in [-0.39, 0.29) is 29.8 Å². The average Bonchev–Trinajstić information content (AvgIpc) is 3.61. The van der Waals surface area contributed by atoms with E-state index in [4.69, 9.17) is 17.2 Å². The molecule has 1 saturated heterocycles. The third-order valence-corrected chi connectivity index (χ3v) is 12.4. The molecule has 1 aromatic carbocycles. The fraction of sp³-hybridized carbons (Fsp3) is 0.717. The Labute approximate surface area is 326 Å². The van der Waals surface area contributed by atoms with E-state index < -0.39 is 0 Å². The molecule has 302 valence electrons. The first kappa shape index (κ1) is 46.7. The van der Waals surface area contributed by atoms with Crippen LogP contribution in [0.2, 0.25) is 0 Å². The summed E-state index contributed by atoms with van der Waals surface area (Å²) < 4.78 is 5.66. The molecule has 0 spiro atoms. The largest absolute Gasteiger partial charge is 0.378 e. The van der Waals surface area contributed by atoms with E-state index in [0.29, 0.717) is 61.9 Å². The summed E-state index contributed by atoms with van der Waals surface area (Å²) in [4.78, 5) is 25.7. The molecule has 7 heteroatoms. The van der Waals surface area contributed by atoms with Crippen LogP contribution in [-0.2, 0) is 20.8 Å². The van der Waals surface area contributed by atoms with E-state index in [1.165, 1.54) is 29.7 Å². The molecule has 1 amide bonds. The number of carbonyl (C=O) groups excluding carboxylic acids is 1. The number of nitrogens with two attached hydrogens (primary N) is 1. The summed E-state index contributed by atoms with van der Waals surface area (Å²) in [6, 6.07) is 11.6. The van der Waals surface area contributed by atoms with Crippen molar-refractivity contribution >= 4 is 5.91 Å². The van der Waals surface area contributed by atoms with Gasteiger partial charge in [-0.2, -0.15) is 0 Å². The first-order chi connectivity index (χ1) is 25.0. The van der Waals surface area contributed by atoms with Crippen LogP contribution < -0.4 is 5.90 Å². The van der Waals surface area contributed by atoms with Crippen LogP contribution in [0, 0.1) is 41.4 Å². The molecule has 1 aliphatic heterocycles. The molecule has 0 aromatic heterocycles. The molecule has 7 nitrogen and oxygen atoms in total. The summed E-state index contributed by atoms with van der Waals surface area (Å²) in [5.41, 5.74) is 5.09. The van der Waals surface area contributed by atoms with Gasteiger partial charge in [-0.15, -0.1) is 0 Å². The van der Waals surface area contributed by atoms with E-state index in [9.17, 15) is 4.79 Å². The number of likely N-dealkylation sites (tertiary alicyclic amines) is 1. The van der Waals surface area contributed by atoms with Gasteiger partial charge in [0.15, 0.2) is 0 Å². The minimum absolute atomic E-state index is 0.126. The van der Waals surface area contributed by atoms with Crippen LogP contribution in [-0.4, -0.2) is 85.7 Å². The molecule has 2 N–H and O–H groups in total. The molecule has 0 saturated carbocycles. The second kappa shape index (κ2) is 23.5. The predicted molar refractivity (Wildman–Crippen MR) is 225 cm³/mol. The summed E-state index contributed by atoms with van der Waals surface area (Å²) >= 11 is 0. The first-order valence-corrected chi connectivity index (χ1v) is 20.7. The molecule has 1 fully saturated rings. The molecule has 0 unspecified atom stereocenters. The zero-order valence-electron chi connectivity index (χ0n) is 35.9. The molecule has 1 aromatic rings. The van der Waals surface area contributed by atoms with Crippen molar-refractivity contribution in [1.29, 1.82) is 0 Å². The summed E-state index contributed by atoms with van der Waals surface area (Å²) in [6.45, 7) is 37.7. The number of hydrogen-bond acceptors (Lipinski definition) is 6. The van der Waals surface area contributed by atoms with Crippen LogP contribution >= 0.6 is 0 Å². The Kier molecular flexibility index (Phi) is 20.7. The van der Waals surface area contributed by atoms with Gasteiger partial charge in [0.1, 0.15) is 0 Å². The quantitative estimate of drug-likeness (QED) is 0.0581. The highest BCUT2D eigenvalue weighted by atomic mass is 16.6. The maximum absolute atomic E-state index is 14.2. The van der Waals surface area contributed by atoms with Crippen molar-refractivity contribution < 1.29 is 14.4 Å². The van der Waals surface area contributed by atoms with E-state index >= 15 is 0 Å². The maximum atomic E-state index is 14.2. The second-order valence-corrected chi connectivity index (χ2v) is 17.2.